The van der Waals surface area contributed by atoms with Crippen molar-refractivity contribution < 1.29 is 9.31 Å². The summed E-state index contributed by atoms with van der Waals surface area (Å²) in [4.78, 5) is 10.4. The topological polar surface area (TPSA) is 55.2 Å². The third kappa shape index (κ3) is 3.29. The van der Waals surface area contributed by atoms with Gasteiger partial charge in [0, 0.05) is 22.6 Å². The van der Waals surface area contributed by atoms with Gasteiger partial charge < -0.3 is 5.32 Å². The van der Waals surface area contributed by atoms with Crippen LogP contribution in [0.25, 0.3) is 0 Å². The number of nitrogens with one attached hydrogen (secondary N) is 1. The number of halogens is 2. The third-order valence-corrected chi connectivity index (χ3v) is 3.08. The van der Waals surface area contributed by atoms with Crippen molar-refractivity contribution in [2.24, 2.45) is 0 Å². The molecule has 0 aliphatic heterocycles. The van der Waals surface area contributed by atoms with Crippen molar-refractivity contribution >= 4 is 27.3 Å². The Hall–Kier alpha value is -1.95. The first-order valence-electron chi connectivity index (χ1n) is 5.49. The molecule has 0 bridgehead atoms. The summed E-state index contributed by atoms with van der Waals surface area (Å²) in [6, 6.07) is 11.0. The van der Waals surface area contributed by atoms with Crippen LogP contribution >= 0.6 is 15.9 Å². The SMILES string of the molecule is O=[N+]([O-])c1ccccc1NCc1ccc(Br)cc1F. The maximum atomic E-state index is 13.6. The van der Waals surface area contributed by atoms with Crippen LogP contribution in [0.3, 0.4) is 0 Å². The van der Waals surface area contributed by atoms with Crippen molar-refractivity contribution in [3.05, 3.63) is 68.4 Å². The molecule has 0 amide bonds. The molecule has 0 atom stereocenters. The summed E-state index contributed by atoms with van der Waals surface area (Å²) in [6.45, 7) is 0.184. The number of nitro benzene ring substituents is 1. The molecule has 0 saturated heterocycles. The third-order valence-electron chi connectivity index (χ3n) is 2.59. The first-order valence-corrected chi connectivity index (χ1v) is 6.28. The summed E-state index contributed by atoms with van der Waals surface area (Å²) >= 11 is 3.17. The average molecular weight is 325 g/mol. The molecule has 0 aliphatic rings. The zero-order valence-electron chi connectivity index (χ0n) is 9.77. The molecule has 98 valence electrons. The molecule has 2 aromatic carbocycles. The Labute approximate surface area is 117 Å². The maximum absolute atomic E-state index is 13.6. The van der Waals surface area contributed by atoms with Gasteiger partial charge in [-0.1, -0.05) is 34.1 Å². The zero-order chi connectivity index (χ0) is 13.8. The monoisotopic (exact) mass is 324 g/mol. The maximum Gasteiger partial charge on any atom is 0.292 e. The molecule has 0 saturated carbocycles. The van der Waals surface area contributed by atoms with E-state index in [0.29, 0.717) is 15.7 Å². The van der Waals surface area contributed by atoms with E-state index in [9.17, 15) is 14.5 Å². The fraction of sp³-hybridized carbons (Fsp3) is 0.0769. The molecule has 0 aliphatic carbocycles. The molecule has 0 heterocycles. The van der Waals surface area contributed by atoms with E-state index in [0.717, 1.165) is 0 Å². The number of benzene rings is 2. The van der Waals surface area contributed by atoms with E-state index in [4.69, 9.17) is 0 Å². The molecular weight excluding hydrogens is 315 g/mol. The summed E-state index contributed by atoms with van der Waals surface area (Å²) in [7, 11) is 0. The number of nitro groups is 1. The minimum atomic E-state index is -0.472. The normalized spacial score (nSPS) is 10.2. The van der Waals surface area contributed by atoms with E-state index in [1.807, 2.05) is 0 Å². The van der Waals surface area contributed by atoms with Crippen molar-refractivity contribution in [2.45, 2.75) is 6.54 Å². The molecule has 0 spiro atoms. The van der Waals surface area contributed by atoms with Gasteiger partial charge in [0.25, 0.3) is 5.69 Å². The number of hydrogen-bond donors (Lipinski definition) is 1. The van der Waals surface area contributed by atoms with Crippen molar-refractivity contribution in [2.75, 3.05) is 5.32 Å². The lowest BCUT2D eigenvalue weighted by molar-refractivity contribution is -0.384. The van der Waals surface area contributed by atoms with Gasteiger partial charge in [-0.05, 0) is 18.2 Å². The molecule has 6 heteroatoms. The highest BCUT2D eigenvalue weighted by atomic mass is 79.9. The Bertz CT molecular complexity index is 619. The Morgan fingerprint density at radius 3 is 2.68 bits per heavy atom. The Morgan fingerprint density at radius 2 is 2.00 bits per heavy atom. The van der Waals surface area contributed by atoms with E-state index in [1.54, 1.807) is 30.3 Å². The van der Waals surface area contributed by atoms with Crippen LogP contribution in [0, 0.1) is 15.9 Å². The first-order chi connectivity index (χ1) is 9.08. The molecule has 1 N–H and O–H groups in total. The molecule has 2 rings (SSSR count). The lowest BCUT2D eigenvalue weighted by atomic mass is 10.2. The Balaban J connectivity index is 2.17. The van der Waals surface area contributed by atoms with Crippen LogP contribution in [0.2, 0.25) is 0 Å². The smallest absolute Gasteiger partial charge is 0.292 e. The number of rotatable bonds is 4. The van der Waals surface area contributed by atoms with Gasteiger partial charge >= 0.3 is 0 Å². The van der Waals surface area contributed by atoms with Gasteiger partial charge in [0.1, 0.15) is 11.5 Å². The number of anilines is 1. The molecule has 4 nitrogen and oxygen atoms in total. The van der Waals surface area contributed by atoms with Crippen molar-refractivity contribution in [3.63, 3.8) is 0 Å². The van der Waals surface area contributed by atoms with Crippen LogP contribution in [0.15, 0.2) is 46.9 Å². The summed E-state index contributed by atoms with van der Waals surface area (Å²) in [5.74, 6) is -0.361. The van der Waals surface area contributed by atoms with Crippen molar-refractivity contribution in [3.8, 4) is 0 Å². The minimum absolute atomic E-state index is 0.0278. The van der Waals surface area contributed by atoms with Crippen molar-refractivity contribution in [1.29, 1.82) is 0 Å². The van der Waals surface area contributed by atoms with Crippen LogP contribution in [0.1, 0.15) is 5.56 Å². The largest absolute Gasteiger partial charge is 0.375 e. The summed E-state index contributed by atoms with van der Waals surface area (Å²) in [5.41, 5.74) is 0.788. The van der Waals surface area contributed by atoms with Gasteiger partial charge in [0.15, 0.2) is 0 Å². The van der Waals surface area contributed by atoms with Crippen molar-refractivity contribution in [1.82, 2.24) is 0 Å². The van der Waals surface area contributed by atoms with Gasteiger partial charge in [-0.15, -0.1) is 0 Å². The lowest BCUT2D eigenvalue weighted by Gasteiger charge is -2.08. The van der Waals surface area contributed by atoms with E-state index in [2.05, 4.69) is 21.2 Å². The Morgan fingerprint density at radius 1 is 1.26 bits per heavy atom. The standard InChI is InChI=1S/C13H10BrFN2O2/c14-10-6-5-9(11(15)7-10)8-16-12-3-1-2-4-13(12)17(18)19/h1-7,16H,8H2. The highest BCUT2D eigenvalue weighted by Crippen LogP contribution is 2.24. The van der Waals surface area contributed by atoms with E-state index >= 15 is 0 Å². The summed E-state index contributed by atoms with van der Waals surface area (Å²) < 4.78 is 14.3. The number of para-hydroxylation sites is 2. The molecule has 19 heavy (non-hydrogen) atoms. The van der Waals surface area contributed by atoms with Crippen LogP contribution < -0.4 is 5.32 Å². The Kier molecular flexibility index (Phi) is 4.11. The van der Waals surface area contributed by atoms with Crippen LogP contribution in [0.4, 0.5) is 15.8 Å². The van der Waals surface area contributed by atoms with Gasteiger partial charge in [-0.25, -0.2) is 4.39 Å². The highest BCUT2D eigenvalue weighted by Gasteiger charge is 2.12. The van der Waals surface area contributed by atoms with Crippen LogP contribution in [-0.4, -0.2) is 4.92 Å². The minimum Gasteiger partial charge on any atom is -0.375 e. The van der Waals surface area contributed by atoms with E-state index in [-0.39, 0.29) is 18.0 Å². The van der Waals surface area contributed by atoms with Gasteiger partial charge in [-0.3, -0.25) is 10.1 Å². The van der Waals surface area contributed by atoms with E-state index in [1.165, 1.54) is 12.1 Å². The quantitative estimate of drug-likeness (QED) is 0.680. The second-order valence-electron chi connectivity index (χ2n) is 3.86. The average Bonchev–Trinajstić information content (AvgIpc) is 2.38. The van der Waals surface area contributed by atoms with Crippen LogP contribution in [0.5, 0.6) is 0 Å². The fourth-order valence-corrected chi connectivity index (χ4v) is 1.97. The molecular formula is C13H10BrFN2O2. The number of hydrogen-bond acceptors (Lipinski definition) is 3. The van der Waals surface area contributed by atoms with Gasteiger partial charge in [-0.2, -0.15) is 0 Å². The predicted octanol–water partition coefficient (Wildman–Crippen LogP) is 4.11. The molecule has 0 fully saturated rings. The van der Waals surface area contributed by atoms with E-state index < -0.39 is 4.92 Å². The molecule has 0 aromatic heterocycles. The molecule has 0 radical (unpaired) electrons. The highest BCUT2D eigenvalue weighted by molar-refractivity contribution is 9.10. The van der Waals surface area contributed by atoms with Crippen LogP contribution in [-0.2, 0) is 6.54 Å². The summed E-state index contributed by atoms with van der Waals surface area (Å²) in [5, 5.41) is 13.7. The zero-order valence-corrected chi connectivity index (χ0v) is 11.4. The predicted molar refractivity (Wildman–Crippen MR) is 74.5 cm³/mol. The van der Waals surface area contributed by atoms with Gasteiger partial charge in [0.2, 0.25) is 0 Å². The second kappa shape index (κ2) is 5.79. The first kappa shape index (κ1) is 13.5. The molecule has 2 aromatic rings. The number of nitrogens with zero attached hydrogens (tertiary/aromatic N) is 1. The van der Waals surface area contributed by atoms with Gasteiger partial charge in [0.05, 0.1) is 4.92 Å². The summed E-state index contributed by atoms with van der Waals surface area (Å²) in [6.07, 6.45) is 0. The second-order valence-corrected chi connectivity index (χ2v) is 4.78. The molecule has 0 unspecified atom stereocenters. The fourth-order valence-electron chi connectivity index (χ4n) is 1.64. The lowest BCUT2D eigenvalue weighted by Crippen LogP contribution is -2.04.